The van der Waals surface area contributed by atoms with Crippen LogP contribution in [0.3, 0.4) is 0 Å². The predicted molar refractivity (Wildman–Crippen MR) is 254 cm³/mol. The van der Waals surface area contributed by atoms with Crippen LogP contribution >= 0.6 is 11.3 Å². The van der Waals surface area contributed by atoms with Crippen LogP contribution in [-0.4, -0.2) is 0 Å². The minimum Gasteiger partial charge on any atom is -0.310 e. The highest BCUT2D eigenvalue weighted by molar-refractivity contribution is 7.26. The molecule has 0 bridgehead atoms. The summed E-state index contributed by atoms with van der Waals surface area (Å²) < 4.78 is 2.57. The van der Waals surface area contributed by atoms with E-state index in [2.05, 4.69) is 231 Å². The van der Waals surface area contributed by atoms with Crippen molar-refractivity contribution in [3.8, 4) is 33.4 Å². The summed E-state index contributed by atoms with van der Waals surface area (Å²) in [6.07, 6.45) is 0. The van der Waals surface area contributed by atoms with Crippen LogP contribution in [0.1, 0.15) is 47.2 Å². The first-order valence-corrected chi connectivity index (χ1v) is 21.7. The van der Waals surface area contributed by atoms with E-state index in [4.69, 9.17) is 0 Å². The first-order chi connectivity index (χ1) is 29.5. The summed E-state index contributed by atoms with van der Waals surface area (Å²) in [6, 6.07) is 79.1. The molecule has 0 radical (unpaired) electrons. The number of hydrogen-bond donors (Lipinski definition) is 0. The lowest BCUT2D eigenvalue weighted by Gasteiger charge is -2.34. The van der Waals surface area contributed by atoms with Gasteiger partial charge in [-0.05, 0) is 109 Å². The van der Waals surface area contributed by atoms with Crippen LogP contribution in [0.15, 0.2) is 212 Å². The molecule has 0 fully saturated rings. The Morgan fingerprint density at radius 1 is 0.383 bits per heavy atom. The summed E-state index contributed by atoms with van der Waals surface area (Å²) in [6.45, 7) is 4.74. The van der Waals surface area contributed by atoms with Gasteiger partial charge in [-0.1, -0.05) is 184 Å². The molecule has 2 aliphatic rings. The SMILES string of the molecule is CC1(C)c2ccccc2-c2ccc(N(c3ccc(-c4ccccc4)cc3)c3cccc4sc5cc(C6(c7ccccc7)c7ccccc7-c7ccccc76)ccc5c34)cc21. The highest BCUT2D eigenvalue weighted by atomic mass is 32.1. The van der Waals surface area contributed by atoms with Crippen LogP contribution < -0.4 is 4.90 Å². The summed E-state index contributed by atoms with van der Waals surface area (Å²) in [7, 11) is 0. The lowest BCUT2D eigenvalue weighted by atomic mass is 9.67. The minimum absolute atomic E-state index is 0.117. The third-order valence-electron chi connectivity index (χ3n) is 13.4. The van der Waals surface area contributed by atoms with Gasteiger partial charge >= 0.3 is 0 Å². The van der Waals surface area contributed by atoms with Crippen molar-refractivity contribution in [3.63, 3.8) is 0 Å². The van der Waals surface area contributed by atoms with Crippen LogP contribution in [0.4, 0.5) is 17.1 Å². The van der Waals surface area contributed by atoms with Gasteiger partial charge in [-0.25, -0.2) is 0 Å². The molecule has 0 saturated heterocycles. The summed E-state index contributed by atoms with van der Waals surface area (Å²) in [4.78, 5) is 2.49. The summed E-state index contributed by atoms with van der Waals surface area (Å²) >= 11 is 1.90. The Morgan fingerprint density at radius 2 is 0.950 bits per heavy atom. The van der Waals surface area contributed by atoms with Crippen LogP contribution in [0.25, 0.3) is 53.6 Å². The summed E-state index contributed by atoms with van der Waals surface area (Å²) in [5.74, 6) is 0. The van der Waals surface area contributed by atoms with Crippen molar-refractivity contribution in [3.05, 3.63) is 246 Å². The average molecular weight is 784 g/mol. The van der Waals surface area contributed by atoms with Gasteiger partial charge in [0.15, 0.2) is 0 Å². The second-order valence-electron chi connectivity index (χ2n) is 16.8. The number of hydrogen-bond acceptors (Lipinski definition) is 2. The molecule has 10 aromatic rings. The van der Waals surface area contributed by atoms with Crippen LogP contribution in [0, 0.1) is 0 Å². The largest absolute Gasteiger partial charge is 0.310 e. The summed E-state index contributed by atoms with van der Waals surface area (Å²) in [5.41, 5.74) is 18.6. The number of thiophene rings is 1. The van der Waals surface area contributed by atoms with E-state index in [1.807, 2.05) is 11.3 Å². The predicted octanol–water partition coefficient (Wildman–Crippen LogP) is 15.9. The van der Waals surface area contributed by atoms with Gasteiger partial charge in [0, 0.05) is 37.0 Å². The van der Waals surface area contributed by atoms with Crippen molar-refractivity contribution in [2.75, 3.05) is 4.90 Å². The van der Waals surface area contributed by atoms with E-state index in [0.717, 1.165) is 11.4 Å². The van der Waals surface area contributed by atoms with Crippen LogP contribution in [-0.2, 0) is 10.8 Å². The van der Waals surface area contributed by atoms with Gasteiger partial charge in [0.05, 0.1) is 11.1 Å². The smallest absolute Gasteiger partial charge is 0.0714 e. The molecular weight excluding hydrogens is 743 g/mol. The van der Waals surface area contributed by atoms with E-state index in [1.165, 1.54) is 92.6 Å². The fourth-order valence-electron chi connectivity index (χ4n) is 10.6. The van der Waals surface area contributed by atoms with Crippen molar-refractivity contribution >= 4 is 48.6 Å². The Balaban J connectivity index is 1.07. The van der Waals surface area contributed by atoms with E-state index in [9.17, 15) is 0 Å². The molecule has 1 heterocycles. The van der Waals surface area contributed by atoms with E-state index in [1.54, 1.807) is 0 Å². The number of rotatable bonds is 6. The molecule has 284 valence electrons. The van der Waals surface area contributed by atoms with Crippen molar-refractivity contribution in [2.45, 2.75) is 24.7 Å². The van der Waals surface area contributed by atoms with Gasteiger partial charge in [-0.3, -0.25) is 0 Å². The maximum atomic E-state index is 2.49. The standard InChI is InChI=1S/C58H41NS/c1-57(2)49-23-12-9-20-44(49)47-35-33-43(37-52(47)57)59(42-31-28-39(29-32-42)38-16-5-3-6-17-38)53-26-15-27-54-56(53)48-34-30-41(36-55(48)60-54)58(40-18-7-4-8-19-40)50-24-13-10-21-45(50)46-22-11-14-25-51(46)58/h3-37H,1-2H3. The fraction of sp³-hybridized carbons (Fsp3) is 0.0690. The Morgan fingerprint density at radius 3 is 1.65 bits per heavy atom. The second kappa shape index (κ2) is 13.3. The van der Waals surface area contributed by atoms with Crippen molar-refractivity contribution in [2.24, 2.45) is 0 Å². The van der Waals surface area contributed by atoms with E-state index in [-0.39, 0.29) is 5.41 Å². The van der Waals surface area contributed by atoms with Crippen LogP contribution in [0.2, 0.25) is 0 Å². The topological polar surface area (TPSA) is 3.24 Å². The molecule has 1 aromatic heterocycles. The monoisotopic (exact) mass is 783 g/mol. The average Bonchev–Trinajstić information content (AvgIpc) is 3.91. The molecule has 0 spiro atoms. The second-order valence-corrected chi connectivity index (χ2v) is 17.9. The Labute approximate surface area is 355 Å². The van der Waals surface area contributed by atoms with Gasteiger partial charge in [0.2, 0.25) is 0 Å². The number of anilines is 3. The Hall–Kier alpha value is -7.00. The highest BCUT2D eigenvalue weighted by Crippen LogP contribution is 2.57. The lowest BCUT2D eigenvalue weighted by molar-refractivity contribution is 0.660. The minimum atomic E-state index is -0.441. The van der Waals surface area contributed by atoms with Gasteiger partial charge in [-0.15, -0.1) is 11.3 Å². The van der Waals surface area contributed by atoms with Crippen molar-refractivity contribution in [1.29, 1.82) is 0 Å². The number of nitrogens with zero attached hydrogens (tertiary/aromatic N) is 1. The fourth-order valence-corrected chi connectivity index (χ4v) is 11.8. The Bertz CT molecular complexity index is 3240. The molecule has 2 heteroatoms. The molecule has 0 amide bonds. The van der Waals surface area contributed by atoms with Gasteiger partial charge < -0.3 is 4.90 Å². The summed E-state index contributed by atoms with van der Waals surface area (Å²) in [5, 5.41) is 2.55. The molecule has 60 heavy (non-hydrogen) atoms. The molecule has 12 rings (SSSR count). The molecule has 2 aliphatic carbocycles. The van der Waals surface area contributed by atoms with E-state index >= 15 is 0 Å². The molecule has 0 aliphatic heterocycles. The zero-order chi connectivity index (χ0) is 40.0. The van der Waals surface area contributed by atoms with Crippen molar-refractivity contribution < 1.29 is 0 Å². The van der Waals surface area contributed by atoms with Gasteiger partial charge in [0.25, 0.3) is 0 Å². The van der Waals surface area contributed by atoms with Crippen molar-refractivity contribution in [1.82, 2.24) is 0 Å². The first kappa shape index (κ1) is 35.0. The molecular formula is C58H41NS. The molecule has 0 unspecified atom stereocenters. The number of benzene rings is 9. The van der Waals surface area contributed by atoms with E-state index < -0.39 is 5.41 Å². The first-order valence-electron chi connectivity index (χ1n) is 20.9. The zero-order valence-electron chi connectivity index (χ0n) is 33.6. The quantitative estimate of drug-likeness (QED) is 0.162. The third kappa shape index (κ3) is 4.98. The zero-order valence-corrected chi connectivity index (χ0v) is 34.4. The molecule has 0 atom stereocenters. The molecule has 0 saturated carbocycles. The van der Waals surface area contributed by atoms with Crippen LogP contribution in [0.5, 0.6) is 0 Å². The lowest BCUT2D eigenvalue weighted by Crippen LogP contribution is -2.28. The maximum Gasteiger partial charge on any atom is 0.0714 e. The number of fused-ring (bicyclic) bond motifs is 9. The normalized spacial score (nSPS) is 14.1. The van der Waals surface area contributed by atoms with E-state index in [0.29, 0.717) is 0 Å². The molecule has 9 aromatic carbocycles. The van der Waals surface area contributed by atoms with Gasteiger partial charge in [-0.2, -0.15) is 0 Å². The Kier molecular flexibility index (Phi) is 7.73. The maximum absolute atomic E-state index is 2.49. The molecule has 1 nitrogen and oxygen atoms in total. The van der Waals surface area contributed by atoms with Gasteiger partial charge in [0.1, 0.15) is 0 Å². The molecule has 0 N–H and O–H groups in total. The third-order valence-corrected chi connectivity index (χ3v) is 14.5. The highest BCUT2D eigenvalue weighted by Gasteiger charge is 2.46.